The molecule has 3 heterocycles. The Bertz CT molecular complexity index is 1390. The van der Waals surface area contributed by atoms with E-state index in [1.807, 2.05) is 33.8 Å². The lowest BCUT2D eigenvalue weighted by Gasteiger charge is -2.46. The number of fused-ring (bicyclic) bond motifs is 1. The Hall–Kier alpha value is -2.48. The Morgan fingerprint density at radius 2 is 1.59 bits per heavy atom. The number of aliphatic hydroxyl groups is 3. The number of aliphatic hydroxyl groups excluding tert-OH is 3. The van der Waals surface area contributed by atoms with E-state index >= 15 is 0 Å². The second kappa shape index (κ2) is 20.6. The van der Waals surface area contributed by atoms with Gasteiger partial charge in [-0.05, 0) is 90.0 Å². The highest BCUT2D eigenvalue weighted by Crippen LogP contribution is 2.35. The van der Waals surface area contributed by atoms with Crippen molar-refractivity contribution < 1.29 is 39.1 Å². The standard InChI is InChI=1S/C43H69N3O8/c1-10-37-34(26-45(11-2)12-3)21-27(4)17-18-35(47)28(5)22-31(19-20-46-24-32-15-13-14-16-33(32)25-46)42(29(6)36(48)23-38(49)53-37)54-43-41(51)39(44(8)9)40(50)30(7)52-43/h13-18,21,28-31,34,36-37,39-43,48,50-51H,10-12,19-20,22-26H2,1-9H3/b18-17-,27-21+/t28?,29?,30-,31?,34?,36?,37?,39+,40-,41-,42?,43+/m1/s1. The third-order valence-electron chi connectivity index (χ3n) is 12.0. The summed E-state index contributed by atoms with van der Waals surface area (Å²) in [7, 11) is 3.59. The van der Waals surface area contributed by atoms with Crippen LogP contribution in [-0.2, 0) is 36.9 Å². The summed E-state index contributed by atoms with van der Waals surface area (Å²) in [4.78, 5) is 33.9. The number of esters is 1. The first kappa shape index (κ1) is 44.2. The molecule has 0 spiro atoms. The molecule has 11 heteroatoms. The fourth-order valence-corrected chi connectivity index (χ4v) is 8.55. The molecule has 1 aromatic carbocycles. The fourth-order valence-electron chi connectivity index (χ4n) is 8.55. The van der Waals surface area contributed by atoms with Gasteiger partial charge in [0.25, 0.3) is 0 Å². The highest BCUT2D eigenvalue weighted by Gasteiger charge is 2.47. The molecule has 11 nitrogen and oxygen atoms in total. The number of benzene rings is 1. The maximum atomic E-state index is 13.8. The van der Waals surface area contributed by atoms with Gasteiger partial charge in [0.15, 0.2) is 12.1 Å². The summed E-state index contributed by atoms with van der Waals surface area (Å²) in [6.07, 6.45) is 0.931. The molecule has 0 radical (unpaired) electrons. The van der Waals surface area contributed by atoms with Gasteiger partial charge in [-0.2, -0.15) is 0 Å². The van der Waals surface area contributed by atoms with E-state index in [4.69, 9.17) is 14.2 Å². The molecule has 0 aromatic heterocycles. The molecule has 1 aromatic rings. The minimum atomic E-state index is -1.19. The number of ether oxygens (including phenoxy) is 3. The molecule has 54 heavy (non-hydrogen) atoms. The van der Waals surface area contributed by atoms with Crippen LogP contribution in [0.2, 0.25) is 0 Å². The summed E-state index contributed by atoms with van der Waals surface area (Å²) in [5.74, 6) is -1.82. The number of allylic oxidation sites excluding steroid dienone is 3. The zero-order chi connectivity index (χ0) is 39.7. The van der Waals surface area contributed by atoms with Crippen LogP contribution in [-0.4, -0.2) is 131 Å². The van der Waals surface area contributed by atoms with Crippen molar-refractivity contribution in [3.8, 4) is 0 Å². The number of carbonyl (C=O) groups excluding carboxylic acids is 2. The van der Waals surface area contributed by atoms with Gasteiger partial charge in [-0.15, -0.1) is 0 Å². The van der Waals surface area contributed by atoms with Gasteiger partial charge >= 0.3 is 5.97 Å². The largest absolute Gasteiger partial charge is 0.462 e. The third-order valence-corrected chi connectivity index (χ3v) is 12.0. The Morgan fingerprint density at radius 1 is 0.944 bits per heavy atom. The summed E-state index contributed by atoms with van der Waals surface area (Å²) >= 11 is 0. The molecule has 0 aliphatic carbocycles. The van der Waals surface area contributed by atoms with Crippen molar-refractivity contribution in [3.63, 3.8) is 0 Å². The van der Waals surface area contributed by atoms with Gasteiger partial charge in [-0.25, -0.2) is 0 Å². The van der Waals surface area contributed by atoms with E-state index in [0.717, 1.165) is 38.3 Å². The summed E-state index contributed by atoms with van der Waals surface area (Å²) < 4.78 is 19.1. The average molecular weight is 756 g/mol. The molecule has 3 aliphatic rings. The van der Waals surface area contributed by atoms with E-state index < -0.39 is 60.8 Å². The number of hydrogen-bond donors (Lipinski definition) is 3. The van der Waals surface area contributed by atoms with E-state index in [9.17, 15) is 24.9 Å². The Balaban J connectivity index is 1.71. The number of carbonyl (C=O) groups is 2. The van der Waals surface area contributed by atoms with Crippen LogP contribution >= 0.6 is 0 Å². The van der Waals surface area contributed by atoms with Crippen LogP contribution in [0.25, 0.3) is 0 Å². The van der Waals surface area contributed by atoms with Crippen molar-refractivity contribution >= 4 is 11.8 Å². The van der Waals surface area contributed by atoms with Crippen molar-refractivity contribution in [2.24, 2.45) is 23.7 Å². The number of nitrogens with zero attached hydrogens (tertiary/aromatic N) is 3. The van der Waals surface area contributed by atoms with Crippen molar-refractivity contribution in [2.75, 3.05) is 40.3 Å². The number of ketones is 1. The van der Waals surface area contributed by atoms with Crippen LogP contribution < -0.4 is 0 Å². The summed E-state index contributed by atoms with van der Waals surface area (Å²) in [6, 6.07) is 7.77. The van der Waals surface area contributed by atoms with E-state index in [0.29, 0.717) is 25.8 Å². The number of hydrogen-bond acceptors (Lipinski definition) is 11. The SMILES string of the molecule is CCC1OC(=O)CC(O)C(C)C(O[C@@H]2O[C@H](C)[C@@H](O)[C@H](N(C)C)[C@H]2O)C(CCN2Cc3ccccc3C2)CC(C)C(=O)/C=C\C(C)=C\C1CN(CC)CC. The first-order valence-corrected chi connectivity index (χ1v) is 20.3. The average Bonchev–Trinajstić information content (AvgIpc) is 3.56. The normalized spacial score (nSPS) is 36.5. The van der Waals surface area contributed by atoms with Crippen LogP contribution in [0.5, 0.6) is 0 Å². The number of cyclic esters (lactones) is 1. The van der Waals surface area contributed by atoms with E-state index in [1.165, 1.54) is 11.1 Å². The zero-order valence-corrected chi connectivity index (χ0v) is 34.3. The van der Waals surface area contributed by atoms with Gasteiger partial charge < -0.3 is 39.3 Å². The molecule has 0 saturated carbocycles. The predicted molar refractivity (Wildman–Crippen MR) is 210 cm³/mol. The molecule has 3 N–H and O–H groups in total. The molecule has 0 amide bonds. The Kier molecular flexibility index (Phi) is 16.9. The topological polar surface area (TPSA) is 132 Å². The van der Waals surface area contributed by atoms with E-state index in [-0.39, 0.29) is 30.0 Å². The van der Waals surface area contributed by atoms with Gasteiger partial charge in [0.1, 0.15) is 12.2 Å². The molecular formula is C43H69N3O8. The van der Waals surface area contributed by atoms with Gasteiger partial charge in [-0.1, -0.05) is 76.6 Å². The highest BCUT2D eigenvalue weighted by molar-refractivity contribution is 5.91. The second-order valence-electron chi connectivity index (χ2n) is 16.3. The van der Waals surface area contributed by atoms with Crippen LogP contribution in [0.15, 0.2) is 48.1 Å². The molecule has 12 atom stereocenters. The smallest absolute Gasteiger partial charge is 0.308 e. The van der Waals surface area contributed by atoms with Crippen molar-refractivity contribution in [2.45, 2.75) is 136 Å². The molecular weight excluding hydrogens is 686 g/mol. The van der Waals surface area contributed by atoms with Crippen LogP contribution in [0.4, 0.5) is 0 Å². The quantitative estimate of drug-likeness (QED) is 0.275. The van der Waals surface area contributed by atoms with Crippen LogP contribution in [0.3, 0.4) is 0 Å². The lowest BCUT2D eigenvalue weighted by molar-refractivity contribution is -0.304. The second-order valence-corrected chi connectivity index (χ2v) is 16.3. The Labute approximate surface area is 324 Å². The molecule has 0 bridgehead atoms. The maximum Gasteiger partial charge on any atom is 0.308 e. The first-order valence-electron chi connectivity index (χ1n) is 20.3. The Morgan fingerprint density at radius 3 is 2.19 bits per heavy atom. The lowest BCUT2D eigenvalue weighted by atomic mass is 9.79. The zero-order valence-electron chi connectivity index (χ0n) is 34.3. The summed E-state index contributed by atoms with van der Waals surface area (Å²) in [5, 5.41) is 34.4. The molecule has 1 saturated heterocycles. The molecule has 4 rings (SSSR count). The predicted octanol–water partition coefficient (Wildman–Crippen LogP) is 4.57. The monoisotopic (exact) mass is 756 g/mol. The van der Waals surface area contributed by atoms with Crippen LogP contribution in [0.1, 0.15) is 85.3 Å². The lowest BCUT2D eigenvalue weighted by Crippen LogP contribution is -2.63. The maximum absolute atomic E-state index is 13.8. The molecule has 3 aliphatic heterocycles. The van der Waals surface area contributed by atoms with Crippen molar-refractivity contribution in [3.05, 3.63) is 59.2 Å². The summed E-state index contributed by atoms with van der Waals surface area (Å²) in [6.45, 7) is 18.5. The van der Waals surface area contributed by atoms with Crippen LogP contribution in [0, 0.1) is 23.7 Å². The first-order chi connectivity index (χ1) is 25.7. The fraction of sp³-hybridized carbons (Fsp3) is 0.721. The van der Waals surface area contributed by atoms with Gasteiger partial charge in [0.05, 0.1) is 36.9 Å². The molecule has 7 unspecified atom stereocenters. The minimum absolute atomic E-state index is 0.00231. The molecule has 304 valence electrons. The van der Waals surface area contributed by atoms with Crippen molar-refractivity contribution in [1.29, 1.82) is 0 Å². The summed E-state index contributed by atoms with van der Waals surface area (Å²) in [5.41, 5.74) is 3.52. The van der Waals surface area contributed by atoms with Gasteiger partial charge in [0.2, 0.25) is 0 Å². The van der Waals surface area contributed by atoms with Gasteiger partial charge in [0, 0.05) is 37.4 Å². The molecule has 1 fully saturated rings. The van der Waals surface area contributed by atoms with E-state index in [1.54, 1.807) is 32.0 Å². The number of rotatable bonds is 11. The number of likely N-dealkylation sites (N-methyl/N-ethyl adjacent to an activating group) is 1. The highest BCUT2D eigenvalue weighted by atomic mass is 16.7. The third kappa shape index (κ3) is 11.5. The van der Waals surface area contributed by atoms with E-state index in [2.05, 4.69) is 54.0 Å². The van der Waals surface area contributed by atoms with Gasteiger partial charge in [-0.3, -0.25) is 14.5 Å². The minimum Gasteiger partial charge on any atom is -0.462 e. The van der Waals surface area contributed by atoms with Crippen molar-refractivity contribution in [1.82, 2.24) is 14.7 Å².